The van der Waals surface area contributed by atoms with Gasteiger partial charge in [-0.05, 0) is 43.6 Å². The molecule has 31 heavy (non-hydrogen) atoms. The van der Waals surface area contributed by atoms with Gasteiger partial charge in [0.2, 0.25) is 0 Å². The molecule has 0 radical (unpaired) electrons. The standard InChI is InChI=1S/C23H30F3NO4/c1-16(2)22(21(29)31-15-17-6-4-3-5-7-17)11-8-19(14-22)27(20(28)23(24,25)26)18-9-12-30-13-10-18/h3-7,16,18-19H,8-15H2,1-2H3/t19?,22-/m0/s1. The van der Waals surface area contributed by atoms with Crippen molar-refractivity contribution in [1.29, 1.82) is 0 Å². The monoisotopic (exact) mass is 441 g/mol. The molecule has 2 atom stereocenters. The fraction of sp³-hybridized carbons (Fsp3) is 0.652. The highest BCUT2D eigenvalue weighted by atomic mass is 19.4. The van der Waals surface area contributed by atoms with Gasteiger partial charge in [-0.2, -0.15) is 13.2 Å². The van der Waals surface area contributed by atoms with Crippen molar-refractivity contribution in [3.8, 4) is 0 Å². The molecule has 5 nitrogen and oxygen atoms in total. The highest BCUT2D eigenvalue weighted by Gasteiger charge is 2.54. The van der Waals surface area contributed by atoms with E-state index in [2.05, 4.69) is 0 Å². The van der Waals surface area contributed by atoms with Crippen LogP contribution in [0.4, 0.5) is 13.2 Å². The molecule has 0 bridgehead atoms. The third-order valence-corrected chi connectivity index (χ3v) is 6.70. The van der Waals surface area contributed by atoms with Crippen molar-refractivity contribution in [2.45, 2.75) is 70.8 Å². The van der Waals surface area contributed by atoms with E-state index in [1.165, 1.54) is 0 Å². The van der Waals surface area contributed by atoms with E-state index in [0.29, 0.717) is 38.9 Å². The van der Waals surface area contributed by atoms with Crippen LogP contribution in [0.1, 0.15) is 51.5 Å². The highest BCUT2D eigenvalue weighted by Crippen LogP contribution is 2.48. The molecule has 1 aliphatic carbocycles. The average molecular weight is 441 g/mol. The zero-order chi connectivity index (χ0) is 22.6. The number of ether oxygens (including phenoxy) is 2. The number of rotatable bonds is 6. The van der Waals surface area contributed by atoms with E-state index >= 15 is 0 Å². The summed E-state index contributed by atoms with van der Waals surface area (Å²) in [6.45, 7) is 4.54. The first kappa shape index (κ1) is 23.6. The van der Waals surface area contributed by atoms with Crippen molar-refractivity contribution in [2.75, 3.05) is 13.2 Å². The summed E-state index contributed by atoms with van der Waals surface area (Å²) in [6.07, 6.45) is -3.30. The molecular formula is C23H30F3NO4. The predicted molar refractivity (Wildman–Crippen MR) is 108 cm³/mol. The Bertz CT molecular complexity index is 762. The summed E-state index contributed by atoms with van der Waals surface area (Å²) in [5.41, 5.74) is -0.0604. The van der Waals surface area contributed by atoms with Crippen LogP contribution in [0.15, 0.2) is 30.3 Å². The molecule has 0 spiro atoms. The summed E-state index contributed by atoms with van der Waals surface area (Å²) in [5.74, 6) is -2.35. The van der Waals surface area contributed by atoms with Gasteiger partial charge in [-0.1, -0.05) is 44.2 Å². The minimum Gasteiger partial charge on any atom is -0.460 e. The van der Waals surface area contributed by atoms with Crippen LogP contribution >= 0.6 is 0 Å². The molecule has 1 aliphatic heterocycles. The lowest BCUT2D eigenvalue weighted by atomic mass is 9.75. The second-order valence-corrected chi connectivity index (χ2v) is 8.82. The van der Waals surface area contributed by atoms with Crippen LogP contribution in [0.5, 0.6) is 0 Å². The Morgan fingerprint density at radius 2 is 1.77 bits per heavy atom. The Balaban J connectivity index is 1.78. The maximum absolute atomic E-state index is 13.4. The van der Waals surface area contributed by atoms with Crippen LogP contribution < -0.4 is 0 Å². The number of nitrogens with zero attached hydrogens (tertiary/aromatic N) is 1. The Morgan fingerprint density at radius 1 is 1.13 bits per heavy atom. The number of carbonyl (C=O) groups excluding carboxylic acids is 2. The first-order valence-corrected chi connectivity index (χ1v) is 10.8. The van der Waals surface area contributed by atoms with Crippen LogP contribution in [0, 0.1) is 11.3 Å². The minimum absolute atomic E-state index is 0.115. The molecular weight excluding hydrogens is 411 g/mol. The lowest BCUT2D eigenvalue weighted by Crippen LogP contribution is -2.53. The van der Waals surface area contributed by atoms with Gasteiger partial charge in [0.05, 0.1) is 5.41 Å². The van der Waals surface area contributed by atoms with Crippen LogP contribution in [0.2, 0.25) is 0 Å². The van der Waals surface area contributed by atoms with Crippen LogP contribution in [-0.2, 0) is 25.7 Å². The Morgan fingerprint density at radius 3 is 2.35 bits per heavy atom. The van der Waals surface area contributed by atoms with Gasteiger partial charge in [0.15, 0.2) is 0 Å². The lowest BCUT2D eigenvalue weighted by Gasteiger charge is -2.40. The Labute approximate surface area is 180 Å². The Kier molecular flexibility index (Phi) is 7.29. The quantitative estimate of drug-likeness (QED) is 0.611. The van der Waals surface area contributed by atoms with Gasteiger partial charge in [-0.25, -0.2) is 0 Å². The van der Waals surface area contributed by atoms with E-state index < -0.39 is 35.6 Å². The van der Waals surface area contributed by atoms with E-state index in [-0.39, 0.29) is 18.9 Å². The predicted octanol–water partition coefficient (Wildman–Crippen LogP) is 4.49. The Hall–Kier alpha value is -2.09. The van der Waals surface area contributed by atoms with Crippen molar-refractivity contribution in [1.82, 2.24) is 4.90 Å². The largest absolute Gasteiger partial charge is 0.471 e. The van der Waals surface area contributed by atoms with Gasteiger partial charge in [-0.3, -0.25) is 9.59 Å². The van der Waals surface area contributed by atoms with Gasteiger partial charge in [0.25, 0.3) is 0 Å². The van der Waals surface area contributed by atoms with Gasteiger partial charge < -0.3 is 14.4 Å². The highest BCUT2D eigenvalue weighted by molar-refractivity contribution is 5.83. The van der Waals surface area contributed by atoms with Gasteiger partial charge in [0.1, 0.15) is 6.61 Å². The molecule has 2 aliphatic rings. The molecule has 8 heteroatoms. The van der Waals surface area contributed by atoms with Crippen molar-refractivity contribution in [3.05, 3.63) is 35.9 Å². The van der Waals surface area contributed by atoms with Gasteiger partial charge in [0, 0.05) is 25.3 Å². The first-order valence-electron chi connectivity index (χ1n) is 10.8. The molecule has 1 heterocycles. The van der Waals surface area contributed by atoms with E-state index in [4.69, 9.17) is 9.47 Å². The maximum Gasteiger partial charge on any atom is 0.471 e. The molecule has 1 saturated heterocycles. The molecule has 1 unspecified atom stereocenters. The molecule has 1 amide bonds. The van der Waals surface area contributed by atoms with Crippen molar-refractivity contribution < 1.29 is 32.2 Å². The molecule has 0 aromatic heterocycles. The smallest absolute Gasteiger partial charge is 0.460 e. The number of esters is 1. The summed E-state index contributed by atoms with van der Waals surface area (Å²) in [6, 6.07) is 8.08. The number of hydrogen-bond acceptors (Lipinski definition) is 4. The SMILES string of the molecule is CC(C)[C@]1(C(=O)OCc2ccccc2)CCC(N(C(=O)C(F)(F)F)C2CCOCC2)C1. The molecule has 1 saturated carbocycles. The minimum atomic E-state index is -4.95. The fourth-order valence-electron chi connectivity index (χ4n) is 4.84. The lowest BCUT2D eigenvalue weighted by molar-refractivity contribution is -0.192. The summed E-state index contributed by atoms with van der Waals surface area (Å²) in [7, 11) is 0. The molecule has 2 fully saturated rings. The van der Waals surface area contributed by atoms with Gasteiger partial charge >= 0.3 is 18.1 Å². The van der Waals surface area contributed by atoms with Crippen molar-refractivity contribution in [3.63, 3.8) is 0 Å². The van der Waals surface area contributed by atoms with Crippen LogP contribution in [0.3, 0.4) is 0 Å². The number of alkyl halides is 3. The number of benzene rings is 1. The van der Waals surface area contributed by atoms with Crippen LogP contribution in [0.25, 0.3) is 0 Å². The summed E-state index contributed by atoms with van der Waals surface area (Å²) in [5, 5.41) is 0. The van der Waals surface area contributed by atoms with Gasteiger partial charge in [-0.15, -0.1) is 0 Å². The van der Waals surface area contributed by atoms with Crippen molar-refractivity contribution >= 4 is 11.9 Å². The fourth-order valence-corrected chi connectivity index (χ4v) is 4.84. The first-order chi connectivity index (χ1) is 14.6. The topological polar surface area (TPSA) is 55.8 Å². The van der Waals surface area contributed by atoms with E-state index in [1.807, 2.05) is 44.2 Å². The average Bonchev–Trinajstić information content (AvgIpc) is 3.19. The third-order valence-electron chi connectivity index (χ3n) is 6.70. The molecule has 1 aromatic rings. The zero-order valence-corrected chi connectivity index (χ0v) is 18.0. The maximum atomic E-state index is 13.4. The molecule has 3 rings (SSSR count). The third kappa shape index (κ3) is 5.22. The summed E-state index contributed by atoms with van der Waals surface area (Å²) < 4.78 is 51.1. The van der Waals surface area contributed by atoms with E-state index in [0.717, 1.165) is 10.5 Å². The second kappa shape index (κ2) is 9.59. The second-order valence-electron chi connectivity index (χ2n) is 8.82. The summed E-state index contributed by atoms with van der Waals surface area (Å²) >= 11 is 0. The number of halogens is 3. The van der Waals surface area contributed by atoms with Crippen LogP contribution in [-0.4, -0.2) is 48.3 Å². The molecule has 172 valence electrons. The number of amides is 1. The zero-order valence-electron chi connectivity index (χ0n) is 18.0. The molecule has 1 aromatic carbocycles. The van der Waals surface area contributed by atoms with E-state index in [1.54, 1.807) is 0 Å². The van der Waals surface area contributed by atoms with Crippen molar-refractivity contribution in [2.24, 2.45) is 11.3 Å². The number of hydrogen-bond donors (Lipinski definition) is 0. The number of carbonyl (C=O) groups is 2. The summed E-state index contributed by atoms with van der Waals surface area (Å²) in [4.78, 5) is 26.5. The molecule has 0 N–H and O–H groups in total. The normalized spacial score (nSPS) is 24.9. The van der Waals surface area contributed by atoms with E-state index in [9.17, 15) is 22.8 Å².